The molecular weight excluding hydrogens is 618 g/mol. The molecule has 1 unspecified atom stereocenters. The summed E-state index contributed by atoms with van der Waals surface area (Å²) in [6.45, 7) is 8.40. The molecule has 3 aliphatic rings. The Morgan fingerprint density at radius 1 is 0.978 bits per heavy atom. The van der Waals surface area contributed by atoms with E-state index in [0.717, 1.165) is 54.8 Å². The van der Waals surface area contributed by atoms with E-state index in [0.29, 0.717) is 50.1 Å². The molecule has 1 aromatic carbocycles. The minimum atomic E-state index is -3.62. The normalized spacial score (nSPS) is 19.6. The van der Waals surface area contributed by atoms with Gasteiger partial charge >= 0.3 is 6.09 Å². The number of anilines is 2. The number of likely N-dealkylation sites (tertiary alicyclic amines) is 1. The minimum absolute atomic E-state index is 0.190. The van der Waals surface area contributed by atoms with Crippen LogP contribution in [0.3, 0.4) is 0 Å². The number of hydrogen-bond acceptors (Lipinski definition) is 8. The number of sulfonamides is 1. The number of rotatable bonds is 6. The van der Waals surface area contributed by atoms with Gasteiger partial charge in [-0.1, -0.05) is 11.6 Å². The van der Waals surface area contributed by atoms with Crippen molar-refractivity contribution in [3.63, 3.8) is 0 Å². The maximum absolute atomic E-state index is 14.0. The molecule has 1 atom stereocenters. The summed E-state index contributed by atoms with van der Waals surface area (Å²) in [7, 11) is -3.62. The van der Waals surface area contributed by atoms with Gasteiger partial charge in [0.05, 0.1) is 29.2 Å². The highest BCUT2D eigenvalue weighted by Crippen LogP contribution is 2.41. The number of ether oxygens (including phenoxy) is 1. The lowest BCUT2D eigenvalue weighted by Gasteiger charge is -2.36. The Balaban J connectivity index is 1.30. The van der Waals surface area contributed by atoms with Gasteiger partial charge in [-0.15, -0.1) is 0 Å². The highest BCUT2D eigenvalue weighted by molar-refractivity contribution is 7.92. The summed E-state index contributed by atoms with van der Waals surface area (Å²) in [6.07, 6.45) is 5.40. The Morgan fingerprint density at radius 2 is 1.71 bits per heavy atom. The van der Waals surface area contributed by atoms with Gasteiger partial charge in [0.2, 0.25) is 10.0 Å². The van der Waals surface area contributed by atoms with Crippen LogP contribution in [-0.4, -0.2) is 89.4 Å². The first kappa shape index (κ1) is 31.4. The lowest BCUT2D eigenvalue weighted by atomic mass is 9.98. The summed E-state index contributed by atoms with van der Waals surface area (Å²) in [5.74, 6) is 1.03. The average molecular weight is 658 g/mol. The van der Waals surface area contributed by atoms with Crippen LogP contribution in [0.25, 0.3) is 5.65 Å². The van der Waals surface area contributed by atoms with E-state index in [9.17, 15) is 18.0 Å². The Labute approximate surface area is 268 Å². The molecule has 1 N–H and O–H groups in total. The molecule has 1 saturated carbocycles. The second-order valence-corrected chi connectivity index (χ2v) is 15.4. The van der Waals surface area contributed by atoms with Crippen LogP contribution in [0.4, 0.5) is 16.3 Å². The molecule has 1 aliphatic carbocycles. The number of amides is 2. The first-order valence-electron chi connectivity index (χ1n) is 15.5. The maximum atomic E-state index is 14.0. The van der Waals surface area contributed by atoms with Crippen molar-refractivity contribution in [2.24, 2.45) is 0 Å². The topological polar surface area (TPSA) is 129 Å². The summed E-state index contributed by atoms with van der Waals surface area (Å²) >= 11 is 6.26. The summed E-state index contributed by atoms with van der Waals surface area (Å²) < 4.78 is 34.0. The number of aromatic nitrogens is 3. The third-order valence-electron chi connectivity index (χ3n) is 8.31. The fourth-order valence-corrected chi connectivity index (χ4v) is 6.78. The largest absolute Gasteiger partial charge is 0.444 e. The summed E-state index contributed by atoms with van der Waals surface area (Å²) in [6, 6.07) is 8.34. The van der Waals surface area contributed by atoms with Gasteiger partial charge in [0, 0.05) is 61.5 Å². The molecule has 45 heavy (non-hydrogen) atoms. The molecule has 2 aromatic heterocycles. The predicted molar refractivity (Wildman–Crippen MR) is 173 cm³/mol. The lowest BCUT2D eigenvalue weighted by molar-refractivity contribution is 0.0240. The molecular formula is C31H40ClN7O5S. The van der Waals surface area contributed by atoms with Crippen molar-refractivity contribution in [2.75, 3.05) is 48.6 Å². The number of nitrogens with one attached hydrogen (secondary N) is 1. The van der Waals surface area contributed by atoms with Crippen LogP contribution in [0, 0.1) is 0 Å². The summed E-state index contributed by atoms with van der Waals surface area (Å²) in [5.41, 5.74) is 2.32. The SMILES string of the molecule is CC(C)(C)OC(=O)N1CCN(c2cc(C3CC3)nc3cc(C4CCCCN4C(=O)c4cc(Cl)ccc4NS(C)(=O)=O)nn23)CC1. The molecule has 12 nitrogen and oxygen atoms in total. The summed E-state index contributed by atoms with van der Waals surface area (Å²) in [4.78, 5) is 37.4. The smallest absolute Gasteiger partial charge is 0.410 e. The van der Waals surface area contributed by atoms with Crippen LogP contribution in [-0.2, 0) is 14.8 Å². The van der Waals surface area contributed by atoms with Gasteiger partial charge in [-0.05, 0) is 71.1 Å². The number of fused-ring (bicyclic) bond motifs is 1. The molecule has 3 fully saturated rings. The molecule has 0 radical (unpaired) electrons. The highest BCUT2D eigenvalue weighted by Gasteiger charge is 2.34. The van der Waals surface area contributed by atoms with Crippen LogP contribution in [0.2, 0.25) is 5.02 Å². The highest BCUT2D eigenvalue weighted by atomic mass is 35.5. The zero-order valence-corrected chi connectivity index (χ0v) is 27.7. The Hall–Kier alpha value is -3.58. The van der Waals surface area contributed by atoms with Crippen molar-refractivity contribution in [2.45, 2.75) is 70.4 Å². The molecule has 6 rings (SSSR count). The monoisotopic (exact) mass is 657 g/mol. The molecule has 0 bridgehead atoms. The second-order valence-electron chi connectivity index (χ2n) is 13.2. The van der Waals surface area contributed by atoms with Gasteiger partial charge in [0.1, 0.15) is 11.4 Å². The Kier molecular flexibility index (Phi) is 8.36. The average Bonchev–Trinajstić information content (AvgIpc) is 3.74. The number of nitrogens with zero attached hydrogens (tertiary/aromatic N) is 6. The van der Waals surface area contributed by atoms with Gasteiger partial charge < -0.3 is 19.4 Å². The molecule has 242 valence electrons. The van der Waals surface area contributed by atoms with Crippen LogP contribution >= 0.6 is 11.6 Å². The number of carbonyl (C=O) groups is 2. The summed E-state index contributed by atoms with van der Waals surface area (Å²) in [5, 5.41) is 5.38. The van der Waals surface area contributed by atoms with E-state index in [1.165, 1.54) is 12.1 Å². The lowest BCUT2D eigenvalue weighted by Crippen LogP contribution is -2.50. The predicted octanol–water partition coefficient (Wildman–Crippen LogP) is 5.06. The molecule has 4 heterocycles. The van der Waals surface area contributed by atoms with Crippen molar-refractivity contribution in [3.05, 3.63) is 52.3 Å². The van der Waals surface area contributed by atoms with Crippen LogP contribution in [0.5, 0.6) is 0 Å². The van der Waals surface area contributed by atoms with Crippen molar-refractivity contribution in [1.29, 1.82) is 0 Å². The number of halogens is 1. The molecule has 14 heteroatoms. The fraction of sp³-hybridized carbons (Fsp3) is 0.548. The van der Waals surface area contributed by atoms with Crippen molar-refractivity contribution < 1.29 is 22.7 Å². The van der Waals surface area contributed by atoms with E-state index in [4.69, 9.17) is 26.4 Å². The van der Waals surface area contributed by atoms with E-state index in [1.807, 2.05) is 31.4 Å². The number of hydrogen-bond donors (Lipinski definition) is 1. The third-order valence-corrected chi connectivity index (χ3v) is 9.14. The van der Waals surface area contributed by atoms with Gasteiger partial charge in [-0.3, -0.25) is 9.52 Å². The Morgan fingerprint density at radius 3 is 2.38 bits per heavy atom. The first-order chi connectivity index (χ1) is 21.3. The van der Waals surface area contributed by atoms with Crippen LogP contribution in [0.15, 0.2) is 30.3 Å². The van der Waals surface area contributed by atoms with E-state index in [-0.39, 0.29) is 29.3 Å². The number of benzene rings is 1. The second kappa shape index (κ2) is 12.0. The van der Waals surface area contributed by atoms with Gasteiger partial charge in [0.25, 0.3) is 5.91 Å². The van der Waals surface area contributed by atoms with Crippen molar-refractivity contribution >= 4 is 50.8 Å². The third kappa shape index (κ3) is 7.14. The Bertz CT molecular complexity index is 1730. The quantitative estimate of drug-likeness (QED) is 0.390. The van der Waals surface area contributed by atoms with Crippen LogP contribution in [0.1, 0.15) is 86.6 Å². The number of piperazine rings is 1. The van der Waals surface area contributed by atoms with E-state index in [2.05, 4.69) is 15.7 Å². The maximum Gasteiger partial charge on any atom is 0.410 e. The molecule has 3 aromatic rings. The van der Waals surface area contributed by atoms with Gasteiger partial charge in [-0.25, -0.2) is 18.2 Å². The van der Waals surface area contributed by atoms with Gasteiger partial charge in [0.15, 0.2) is 5.65 Å². The minimum Gasteiger partial charge on any atom is -0.444 e. The number of piperidine rings is 1. The zero-order chi connectivity index (χ0) is 32.1. The molecule has 2 aliphatic heterocycles. The molecule has 2 amide bonds. The van der Waals surface area contributed by atoms with Crippen LogP contribution < -0.4 is 9.62 Å². The zero-order valence-electron chi connectivity index (χ0n) is 26.1. The van der Waals surface area contributed by atoms with Gasteiger partial charge in [-0.2, -0.15) is 9.61 Å². The van der Waals surface area contributed by atoms with Crippen molar-refractivity contribution in [1.82, 2.24) is 24.4 Å². The van der Waals surface area contributed by atoms with E-state index < -0.39 is 15.6 Å². The van der Waals surface area contributed by atoms with E-state index >= 15 is 0 Å². The fourth-order valence-electron chi connectivity index (χ4n) is 6.04. The first-order valence-corrected chi connectivity index (χ1v) is 17.7. The standard InChI is InChI=1S/C31H40ClN7O5S/c1-31(2,3)44-30(41)37-15-13-36(14-16-37)28-19-24(20-8-9-20)33-27-18-25(34-39(27)28)26-7-5-6-12-38(26)29(40)22-17-21(32)10-11-23(22)35-45(4,42)43/h10-11,17-20,26,35H,5-9,12-16H2,1-4H3. The molecule has 2 saturated heterocycles. The van der Waals surface area contributed by atoms with E-state index in [1.54, 1.807) is 15.9 Å². The van der Waals surface area contributed by atoms with Crippen molar-refractivity contribution in [3.8, 4) is 0 Å². The molecule has 0 spiro atoms. The number of carbonyl (C=O) groups excluding carboxylic acids is 2.